The van der Waals surface area contributed by atoms with Crippen LogP contribution < -0.4 is 10.5 Å². The molecular formula is C26H26N4O3. The quantitative estimate of drug-likeness (QED) is 0.430. The number of nitrogens with one attached hydrogen (secondary N) is 1. The number of likely N-dealkylation sites (tertiary alicyclic amines) is 1. The van der Waals surface area contributed by atoms with E-state index in [2.05, 4.69) is 9.97 Å². The number of H-pyrrole nitrogens is 1. The molecule has 4 aromatic rings. The lowest BCUT2D eigenvalue weighted by Crippen LogP contribution is -2.39. The number of aromatic amines is 1. The van der Waals surface area contributed by atoms with Crippen molar-refractivity contribution >= 4 is 16.9 Å². The summed E-state index contributed by atoms with van der Waals surface area (Å²) in [5.74, 6) is 0.561. The molecule has 33 heavy (non-hydrogen) atoms. The van der Waals surface area contributed by atoms with Crippen LogP contribution in [0.1, 0.15) is 23.2 Å². The molecule has 2 aromatic heterocycles. The Labute approximate surface area is 191 Å². The van der Waals surface area contributed by atoms with E-state index < -0.39 is 0 Å². The Kier molecular flexibility index (Phi) is 5.48. The van der Waals surface area contributed by atoms with Gasteiger partial charge < -0.3 is 25.5 Å². The van der Waals surface area contributed by atoms with Gasteiger partial charge in [0.15, 0.2) is 0 Å². The molecule has 7 nitrogen and oxygen atoms in total. The van der Waals surface area contributed by atoms with Crippen LogP contribution in [0.4, 0.5) is 0 Å². The summed E-state index contributed by atoms with van der Waals surface area (Å²) in [4.78, 5) is 22.8. The summed E-state index contributed by atoms with van der Waals surface area (Å²) >= 11 is 0. The zero-order chi connectivity index (χ0) is 22.9. The molecule has 0 radical (unpaired) electrons. The number of amides is 1. The molecule has 0 bridgehead atoms. The molecular weight excluding hydrogens is 416 g/mol. The van der Waals surface area contributed by atoms with Crippen LogP contribution in [0.15, 0.2) is 60.9 Å². The molecule has 1 saturated heterocycles. The average Bonchev–Trinajstić information content (AvgIpc) is 3.50. The summed E-state index contributed by atoms with van der Waals surface area (Å²) < 4.78 is 5.54. The lowest BCUT2D eigenvalue weighted by atomic mass is 9.99. The Morgan fingerprint density at radius 1 is 1.21 bits per heavy atom. The monoisotopic (exact) mass is 442 g/mol. The van der Waals surface area contributed by atoms with Crippen LogP contribution in [0.3, 0.4) is 0 Å². The number of phenols is 1. The Balaban J connectivity index is 1.56. The van der Waals surface area contributed by atoms with Gasteiger partial charge in [0.1, 0.15) is 17.1 Å². The van der Waals surface area contributed by atoms with Gasteiger partial charge in [0, 0.05) is 53.6 Å². The first-order valence-corrected chi connectivity index (χ1v) is 11.1. The van der Waals surface area contributed by atoms with Gasteiger partial charge in [-0.2, -0.15) is 0 Å². The predicted octanol–water partition coefficient (Wildman–Crippen LogP) is 4.17. The van der Waals surface area contributed by atoms with Crippen molar-refractivity contribution < 1.29 is 14.6 Å². The molecule has 1 fully saturated rings. The third-order valence-corrected chi connectivity index (χ3v) is 6.40. The molecule has 0 saturated carbocycles. The fourth-order valence-electron chi connectivity index (χ4n) is 4.64. The standard InChI is InChI=1S/C26H26N4O3/c1-33-24-7-3-2-6-19(24)22-15-29-25-20(22)12-17(14-28-25)16-8-9-23(31)21(11-16)26(32)30-10-4-5-18(30)13-27/h2-3,6-9,11-12,14-15,18,31H,4-5,10,13,27H2,1H3,(H,28,29)/t18-/m0/s1. The van der Waals surface area contributed by atoms with E-state index in [4.69, 9.17) is 10.5 Å². The fourth-order valence-corrected chi connectivity index (χ4v) is 4.64. The van der Waals surface area contributed by atoms with Gasteiger partial charge in [-0.05, 0) is 42.7 Å². The van der Waals surface area contributed by atoms with Gasteiger partial charge in [0.05, 0.1) is 12.7 Å². The topological polar surface area (TPSA) is 104 Å². The molecule has 5 rings (SSSR count). The lowest BCUT2D eigenvalue weighted by molar-refractivity contribution is 0.0738. The largest absolute Gasteiger partial charge is 0.507 e. The van der Waals surface area contributed by atoms with Crippen molar-refractivity contribution in [3.63, 3.8) is 0 Å². The average molecular weight is 443 g/mol. The number of aromatic hydroxyl groups is 1. The number of rotatable bonds is 5. The highest BCUT2D eigenvalue weighted by atomic mass is 16.5. The highest BCUT2D eigenvalue weighted by Gasteiger charge is 2.30. The lowest BCUT2D eigenvalue weighted by Gasteiger charge is -2.24. The minimum Gasteiger partial charge on any atom is -0.507 e. The van der Waals surface area contributed by atoms with Crippen molar-refractivity contribution in [2.75, 3.05) is 20.2 Å². The van der Waals surface area contributed by atoms with Crippen molar-refractivity contribution in [2.24, 2.45) is 5.73 Å². The highest BCUT2D eigenvalue weighted by molar-refractivity contribution is 6.00. The summed E-state index contributed by atoms with van der Waals surface area (Å²) in [5.41, 5.74) is 10.5. The van der Waals surface area contributed by atoms with E-state index in [0.29, 0.717) is 13.1 Å². The van der Waals surface area contributed by atoms with Crippen molar-refractivity contribution in [3.8, 4) is 33.8 Å². The number of phenolic OH excluding ortho intramolecular Hbond substituents is 1. The second kappa shape index (κ2) is 8.60. The first kappa shape index (κ1) is 21.0. The van der Waals surface area contributed by atoms with Crippen LogP contribution in [0.2, 0.25) is 0 Å². The third-order valence-electron chi connectivity index (χ3n) is 6.40. The van der Waals surface area contributed by atoms with Gasteiger partial charge in [-0.25, -0.2) is 4.98 Å². The van der Waals surface area contributed by atoms with Crippen LogP contribution in [0, 0.1) is 0 Å². The van der Waals surface area contributed by atoms with Crippen LogP contribution in [-0.4, -0.2) is 52.1 Å². The number of benzene rings is 2. The van der Waals surface area contributed by atoms with Gasteiger partial charge in [0.2, 0.25) is 0 Å². The zero-order valence-corrected chi connectivity index (χ0v) is 18.4. The number of hydrogen-bond acceptors (Lipinski definition) is 5. The summed E-state index contributed by atoms with van der Waals surface area (Å²) in [7, 11) is 1.65. The highest BCUT2D eigenvalue weighted by Crippen LogP contribution is 2.36. The fraction of sp³-hybridized carbons (Fsp3) is 0.231. The molecule has 4 N–H and O–H groups in total. The Morgan fingerprint density at radius 3 is 2.88 bits per heavy atom. The number of nitrogens with two attached hydrogens (primary N) is 1. The predicted molar refractivity (Wildman–Crippen MR) is 128 cm³/mol. The minimum absolute atomic E-state index is 0.0156. The van der Waals surface area contributed by atoms with E-state index in [1.807, 2.05) is 36.5 Å². The molecule has 0 unspecified atom stereocenters. The summed E-state index contributed by atoms with van der Waals surface area (Å²) in [5, 5.41) is 11.4. The molecule has 0 spiro atoms. The van der Waals surface area contributed by atoms with E-state index in [9.17, 15) is 9.90 Å². The number of nitrogens with zero attached hydrogens (tertiary/aromatic N) is 2. The number of aromatic nitrogens is 2. The Bertz CT molecular complexity index is 1330. The van der Waals surface area contributed by atoms with Crippen LogP contribution >= 0.6 is 0 Å². The summed E-state index contributed by atoms with van der Waals surface area (Å²) in [6.45, 7) is 1.08. The summed E-state index contributed by atoms with van der Waals surface area (Å²) in [6.07, 6.45) is 5.51. The van der Waals surface area contributed by atoms with E-state index in [-0.39, 0.29) is 23.3 Å². The van der Waals surface area contributed by atoms with Crippen molar-refractivity contribution in [1.82, 2.24) is 14.9 Å². The third kappa shape index (κ3) is 3.70. The van der Waals surface area contributed by atoms with Gasteiger partial charge >= 0.3 is 0 Å². The maximum atomic E-state index is 13.2. The molecule has 3 heterocycles. The number of fused-ring (bicyclic) bond motifs is 1. The smallest absolute Gasteiger partial charge is 0.257 e. The second-order valence-electron chi connectivity index (χ2n) is 8.29. The first-order valence-electron chi connectivity index (χ1n) is 11.1. The van der Waals surface area contributed by atoms with E-state index in [1.54, 1.807) is 36.4 Å². The molecule has 0 aliphatic carbocycles. The van der Waals surface area contributed by atoms with E-state index >= 15 is 0 Å². The molecule has 1 aliphatic heterocycles. The number of hydrogen-bond donors (Lipinski definition) is 3. The van der Waals surface area contributed by atoms with E-state index in [1.165, 1.54) is 0 Å². The van der Waals surface area contributed by atoms with Gasteiger partial charge in [0.25, 0.3) is 5.91 Å². The van der Waals surface area contributed by atoms with Crippen LogP contribution in [0.5, 0.6) is 11.5 Å². The number of ether oxygens (including phenoxy) is 1. The first-order chi connectivity index (χ1) is 16.1. The van der Waals surface area contributed by atoms with Crippen LogP contribution in [-0.2, 0) is 0 Å². The molecule has 2 aromatic carbocycles. The maximum Gasteiger partial charge on any atom is 0.257 e. The Hall–Kier alpha value is -3.84. The van der Waals surface area contributed by atoms with Crippen molar-refractivity contribution in [2.45, 2.75) is 18.9 Å². The molecule has 1 atom stereocenters. The SMILES string of the molecule is COc1ccccc1-c1c[nH]c2ncc(-c3ccc(O)c(C(=O)N4CCC[C@H]4CN)c3)cc12. The minimum atomic E-state index is -0.187. The molecule has 7 heteroatoms. The number of methoxy groups -OCH3 is 1. The van der Waals surface area contributed by atoms with Crippen LogP contribution in [0.25, 0.3) is 33.3 Å². The molecule has 1 amide bonds. The second-order valence-corrected chi connectivity index (χ2v) is 8.29. The zero-order valence-electron chi connectivity index (χ0n) is 18.4. The summed E-state index contributed by atoms with van der Waals surface area (Å²) in [6, 6.07) is 15.0. The normalized spacial score (nSPS) is 15.8. The molecule has 168 valence electrons. The number of para-hydroxylation sites is 1. The molecule has 1 aliphatic rings. The number of carbonyl (C=O) groups is 1. The van der Waals surface area contributed by atoms with Gasteiger partial charge in [-0.15, -0.1) is 0 Å². The van der Waals surface area contributed by atoms with Crippen molar-refractivity contribution in [3.05, 3.63) is 66.5 Å². The number of pyridine rings is 1. The maximum absolute atomic E-state index is 13.2. The van der Waals surface area contributed by atoms with Gasteiger partial charge in [-0.3, -0.25) is 4.79 Å². The number of carbonyl (C=O) groups excluding carboxylic acids is 1. The van der Waals surface area contributed by atoms with E-state index in [0.717, 1.165) is 51.9 Å². The van der Waals surface area contributed by atoms with Gasteiger partial charge in [-0.1, -0.05) is 24.3 Å². The Morgan fingerprint density at radius 2 is 2.06 bits per heavy atom. The van der Waals surface area contributed by atoms with Crippen molar-refractivity contribution in [1.29, 1.82) is 0 Å².